The van der Waals surface area contributed by atoms with Gasteiger partial charge in [-0.15, -0.1) is 11.3 Å². The summed E-state index contributed by atoms with van der Waals surface area (Å²) in [6, 6.07) is 1.92. The number of rotatable bonds is 3. The van der Waals surface area contributed by atoms with Crippen LogP contribution in [0.2, 0.25) is 0 Å². The molecule has 5 heteroatoms. The van der Waals surface area contributed by atoms with E-state index in [-0.39, 0.29) is 0 Å². The van der Waals surface area contributed by atoms with Gasteiger partial charge in [0, 0.05) is 18.8 Å². The van der Waals surface area contributed by atoms with E-state index in [0.717, 1.165) is 22.9 Å². The van der Waals surface area contributed by atoms with Crippen LogP contribution >= 0.6 is 11.3 Å². The van der Waals surface area contributed by atoms with E-state index in [2.05, 4.69) is 15.5 Å². The Balaban J connectivity index is 2.23. The lowest BCUT2D eigenvalue weighted by molar-refractivity contribution is 0.422. The molecule has 0 unspecified atom stereocenters. The maximum absolute atomic E-state index is 5.14. The molecule has 2 heterocycles. The van der Waals surface area contributed by atoms with Gasteiger partial charge in [-0.2, -0.15) is 0 Å². The quantitative estimate of drug-likeness (QED) is 0.806. The van der Waals surface area contributed by atoms with E-state index in [0.29, 0.717) is 0 Å². The van der Waals surface area contributed by atoms with Crippen LogP contribution in [0.1, 0.15) is 5.69 Å². The SMILES string of the molecule is CNCc1cc(-c2cncs2)on1. The first kappa shape index (κ1) is 8.40. The first-order valence-electron chi connectivity index (χ1n) is 3.89. The van der Waals surface area contributed by atoms with Gasteiger partial charge in [0.05, 0.1) is 16.1 Å². The zero-order valence-electron chi connectivity index (χ0n) is 7.15. The van der Waals surface area contributed by atoms with Crippen molar-refractivity contribution in [2.24, 2.45) is 0 Å². The van der Waals surface area contributed by atoms with Crippen LogP contribution in [-0.2, 0) is 6.54 Å². The fraction of sp³-hybridized carbons (Fsp3) is 0.250. The summed E-state index contributed by atoms with van der Waals surface area (Å²) in [6.07, 6.45) is 1.77. The molecular weight excluding hydrogens is 186 g/mol. The maximum atomic E-state index is 5.14. The largest absolute Gasteiger partial charge is 0.355 e. The number of nitrogens with one attached hydrogen (secondary N) is 1. The topological polar surface area (TPSA) is 51.0 Å². The molecule has 2 aromatic rings. The Hall–Kier alpha value is -1.20. The molecule has 2 aromatic heterocycles. The molecule has 68 valence electrons. The van der Waals surface area contributed by atoms with Crippen molar-refractivity contribution in [3.8, 4) is 10.6 Å². The van der Waals surface area contributed by atoms with Gasteiger partial charge in [0.15, 0.2) is 5.76 Å². The zero-order chi connectivity index (χ0) is 9.10. The van der Waals surface area contributed by atoms with Crippen molar-refractivity contribution in [2.75, 3.05) is 7.05 Å². The van der Waals surface area contributed by atoms with E-state index >= 15 is 0 Å². The van der Waals surface area contributed by atoms with E-state index in [1.165, 1.54) is 0 Å². The van der Waals surface area contributed by atoms with Crippen LogP contribution in [0.25, 0.3) is 10.6 Å². The van der Waals surface area contributed by atoms with Crippen molar-refractivity contribution >= 4 is 11.3 Å². The number of aromatic nitrogens is 2. The van der Waals surface area contributed by atoms with Crippen LogP contribution in [0.15, 0.2) is 22.3 Å². The lowest BCUT2D eigenvalue weighted by Crippen LogP contribution is -2.04. The lowest BCUT2D eigenvalue weighted by atomic mass is 10.3. The van der Waals surface area contributed by atoms with E-state index in [9.17, 15) is 0 Å². The Bertz CT molecular complexity index is 368. The number of nitrogens with zero attached hydrogens (tertiary/aromatic N) is 2. The Morgan fingerprint density at radius 2 is 2.54 bits per heavy atom. The van der Waals surface area contributed by atoms with Crippen LogP contribution < -0.4 is 5.32 Å². The van der Waals surface area contributed by atoms with Gasteiger partial charge in [-0.05, 0) is 7.05 Å². The molecule has 0 aliphatic carbocycles. The highest BCUT2D eigenvalue weighted by Crippen LogP contribution is 2.23. The van der Waals surface area contributed by atoms with Gasteiger partial charge in [0.2, 0.25) is 0 Å². The van der Waals surface area contributed by atoms with Gasteiger partial charge in [-0.3, -0.25) is 4.98 Å². The van der Waals surface area contributed by atoms with Crippen molar-refractivity contribution < 1.29 is 4.52 Å². The lowest BCUT2D eigenvalue weighted by Gasteiger charge is -1.87. The van der Waals surface area contributed by atoms with Crippen molar-refractivity contribution in [3.63, 3.8) is 0 Å². The van der Waals surface area contributed by atoms with E-state index in [1.54, 1.807) is 23.0 Å². The van der Waals surface area contributed by atoms with Crippen LogP contribution in [0.4, 0.5) is 0 Å². The molecule has 0 spiro atoms. The smallest absolute Gasteiger partial charge is 0.178 e. The average molecular weight is 195 g/mol. The fourth-order valence-corrected chi connectivity index (χ4v) is 1.60. The second-order valence-electron chi connectivity index (χ2n) is 2.58. The van der Waals surface area contributed by atoms with Gasteiger partial charge in [-0.1, -0.05) is 5.16 Å². The molecule has 0 saturated carbocycles. The Kier molecular flexibility index (Phi) is 2.37. The van der Waals surface area contributed by atoms with Crippen molar-refractivity contribution in [1.29, 1.82) is 0 Å². The molecule has 0 aromatic carbocycles. The number of hydrogen-bond donors (Lipinski definition) is 1. The molecule has 0 saturated heterocycles. The minimum atomic E-state index is 0.725. The molecule has 0 atom stereocenters. The molecule has 0 aliphatic rings. The number of thiazole rings is 1. The van der Waals surface area contributed by atoms with Gasteiger partial charge in [-0.25, -0.2) is 0 Å². The average Bonchev–Trinajstić information content (AvgIpc) is 2.70. The third kappa shape index (κ3) is 1.76. The van der Waals surface area contributed by atoms with Crippen LogP contribution in [0, 0.1) is 0 Å². The van der Waals surface area contributed by atoms with Crippen molar-refractivity contribution in [2.45, 2.75) is 6.54 Å². The Morgan fingerprint density at radius 3 is 3.23 bits per heavy atom. The minimum absolute atomic E-state index is 0.725. The predicted octanol–water partition coefficient (Wildman–Crippen LogP) is 1.52. The van der Waals surface area contributed by atoms with E-state index < -0.39 is 0 Å². The maximum Gasteiger partial charge on any atom is 0.178 e. The van der Waals surface area contributed by atoms with Gasteiger partial charge in [0.25, 0.3) is 0 Å². The zero-order valence-corrected chi connectivity index (χ0v) is 7.97. The summed E-state index contributed by atoms with van der Waals surface area (Å²) < 4.78 is 5.14. The Labute approximate surface area is 79.6 Å². The first-order valence-corrected chi connectivity index (χ1v) is 4.77. The van der Waals surface area contributed by atoms with Gasteiger partial charge >= 0.3 is 0 Å². The molecular formula is C8H9N3OS. The van der Waals surface area contributed by atoms with Crippen LogP contribution in [0.3, 0.4) is 0 Å². The Morgan fingerprint density at radius 1 is 1.62 bits per heavy atom. The standard InChI is InChI=1S/C8H9N3OS/c1-9-3-6-2-7(12-11-6)8-4-10-5-13-8/h2,4-5,9H,3H2,1H3. The molecule has 13 heavy (non-hydrogen) atoms. The fourth-order valence-electron chi connectivity index (χ4n) is 1.03. The second-order valence-corrected chi connectivity index (χ2v) is 3.46. The normalized spacial score (nSPS) is 10.5. The third-order valence-corrected chi connectivity index (χ3v) is 2.38. The molecule has 4 nitrogen and oxygen atoms in total. The highest BCUT2D eigenvalue weighted by atomic mass is 32.1. The summed E-state index contributed by atoms with van der Waals surface area (Å²) in [5.74, 6) is 0.785. The molecule has 0 bridgehead atoms. The van der Waals surface area contributed by atoms with Crippen molar-refractivity contribution in [3.05, 3.63) is 23.5 Å². The van der Waals surface area contributed by atoms with E-state index in [1.807, 2.05) is 13.1 Å². The van der Waals surface area contributed by atoms with Crippen molar-refractivity contribution in [1.82, 2.24) is 15.5 Å². The molecule has 0 amide bonds. The highest BCUT2D eigenvalue weighted by molar-refractivity contribution is 7.13. The third-order valence-electron chi connectivity index (χ3n) is 1.59. The summed E-state index contributed by atoms with van der Waals surface area (Å²) in [6.45, 7) is 0.725. The van der Waals surface area contributed by atoms with Crippen LogP contribution in [0.5, 0.6) is 0 Å². The first-order chi connectivity index (χ1) is 6.40. The molecule has 1 N–H and O–H groups in total. The molecule has 0 fully saturated rings. The van der Waals surface area contributed by atoms with E-state index in [4.69, 9.17) is 4.52 Å². The van der Waals surface area contributed by atoms with Crippen LogP contribution in [-0.4, -0.2) is 17.2 Å². The second kappa shape index (κ2) is 3.68. The predicted molar refractivity (Wildman–Crippen MR) is 50.4 cm³/mol. The molecule has 0 aliphatic heterocycles. The molecule has 0 radical (unpaired) electrons. The number of hydrogen-bond acceptors (Lipinski definition) is 5. The summed E-state index contributed by atoms with van der Waals surface area (Å²) in [5, 5.41) is 6.91. The summed E-state index contributed by atoms with van der Waals surface area (Å²) in [4.78, 5) is 4.98. The van der Waals surface area contributed by atoms with Gasteiger partial charge < -0.3 is 9.84 Å². The summed E-state index contributed by atoms with van der Waals surface area (Å²) in [5.41, 5.74) is 2.68. The van der Waals surface area contributed by atoms with Gasteiger partial charge in [0.1, 0.15) is 0 Å². The highest BCUT2D eigenvalue weighted by Gasteiger charge is 2.06. The molecule has 2 rings (SSSR count). The summed E-state index contributed by atoms with van der Waals surface area (Å²) in [7, 11) is 1.88. The monoisotopic (exact) mass is 195 g/mol. The minimum Gasteiger partial charge on any atom is -0.355 e. The summed E-state index contributed by atoms with van der Waals surface area (Å²) >= 11 is 1.54.